The van der Waals surface area contributed by atoms with Crippen LogP contribution in [0, 0.1) is 0 Å². The lowest BCUT2D eigenvalue weighted by Crippen LogP contribution is -2.31. The average molecular weight is 188 g/mol. The topological polar surface area (TPSA) is 65.0 Å². The molecule has 13 heavy (non-hydrogen) atoms. The number of aliphatic hydroxyl groups excluding tert-OH is 1. The van der Waals surface area contributed by atoms with Crippen LogP contribution in [-0.2, 0) is 19.0 Å². The van der Waals surface area contributed by atoms with E-state index in [1.807, 2.05) is 0 Å². The molecule has 0 aromatic rings. The van der Waals surface area contributed by atoms with Crippen LogP contribution in [0.15, 0.2) is 0 Å². The second-order valence-electron chi connectivity index (χ2n) is 3.63. The molecule has 2 aliphatic heterocycles. The summed E-state index contributed by atoms with van der Waals surface area (Å²) >= 11 is 0. The highest BCUT2D eigenvalue weighted by atomic mass is 16.8. The Bertz CT molecular complexity index is 237. The van der Waals surface area contributed by atoms with Gasteiger partial charge in [0.2, 0.25) is 0 Å². The van der Waals surface area contributed by atoms with Crippen LogP contribution in [0.4, 0.5) is 0 Å². The van der Waals surface area contributed by atoms with Crippen molar-refractivity contribution in [2.75, 3.05) is 6.61 Å². The van der Waals surface area contributed by atoms with E-state index in [0.717, 1.165) is 0 Å². The number of rotatable bonds is 1. The quantitative estimate of drug-likeness (QED) is 0.596. The van der Waals surface area contributed by atoms with Crippen molar-refractivity contribution in [1.82, 2.24) is 0 Å². The van der Waals surface area contributed by atoms with Gasteiger partial charge in [0.15, 0.2) is 24.0 Å². The number of carbonyl (C=O) groups is 1. The lowest BCUT2D eigenvalue weighted by atomic mass is 10.2. The summed E-state index contributed by atoms with van der Waals surface area (Å²) < 4.78 is 15.7. The third kappa shape index (κ3) is 1.38. The van der Waals surface area contributed by atoms with Gasteiger partial charge in [0.25, 0.3) is 0 Å². The Kier molecular flexibility index (Phi) is 1.92. The van der Waals surface area contributed by atoms with E-state index in [-0.39, 0.29) is 12.4 Å². The third-order valence-electron chi connectivity index (χ3n) is 2.12. The van der Waals surface area contributed by atoms with Crippen molar-refractivity contribution in [3.8, 4) is 0 Å². The van der Waals surface area contributed by atoms with Gasteiger partial charge < -0.3 is 19.3 Å². The second-order valence-corrected chi connectivity index (χ2v) is 3.63. The Labute approximate surface area is 75.6 Å². The molecule has 2 rings (SSSR count). The van der Waals surface area contributed by atoms with Crippen molar-refractivity contribution in [2.24, 2.45) is 0 Å². The lowest BCUT2D eigenvalue weighted by molar-refractivity contribution is -0.207. The number of ketones is 1. The first kappa shape index (κ1) is 9.08. The van der Waals surface area contributed by atoms with Gasteiger partial charge in [0.05, 0.1) is 6.61 Å². The normalized spacial score (nSPS) is 42.4. The second kappa shape index (κ2) is 2.75. The third-order valence-corrected chi connectivity index (χ3v) is 2.12. The molecule has 0 radical (unpaired) electrons. The first-order valence-electron chi connectivity index (χ1n) is 4.19. The van der Waals surface area contributed by atoms with E-state index < -0.39 is 24.3 Å². The molecule has 0 aliphatic carbocycles. The molecular formula is C8H12O5. The van der Waals surface area contributed by atoms with Crippen LogP contribution in [-0.4, -0.2) is 41.8 Å². The zero-order chi connectivity index (χ0) is 9.64. The minimum atomic E-state index is -0.786. The van der Waals surface area contributed by atoms with Gasteiger partial charge in [-0.25, -0.2) is 0 Å². The van der Waals surface area contributed by atoms with Crippen molar-refractivity contribution >= 4 is 5.78 Å². The highest BCUT2D eigenvalue weighted by Gasteiger charge is 2.53. The zero-order valence-corrected chi connectivity index (χ0v) is 7.52. The summed E-state index contributed by atoms with van der Waals surface area (Å²) in [6.07, 6.45) is -2.11. The van der Waals surface area contributed by atoms with Gasteiger partial charge >= 0.3 is 0 Å². The highest BCUT2D eigenvalue weighted by Crippen LogP contribution is 2.34. The summed E-state index contributed by atoms with van der Waals surface area (Å²) in [5.41, 5.74) is 0. The van der Waals surface area contributed by atoms with Gasteiger partial charge in [-0.05, 0) is 13.8 Å². The predicted molar refractivity (Wildman–Crippen MR) is 40.8 cm³/mol. The highest BCUT2D eigenvalue weighted by molar-refractivity contribution is 5.90. The van der Waals surface area contributed by atoms with Crippen molar-refractivity contribution in [1.29, 1.82) is 0 Å². The molecule has 0 saturated carbocycles. The molecule has 3 unspecified atom stereocenters. The number of hydrogen-bond acceptors (Lipinski definition) is 5. The average Bonchev–Trinajstić information content (AvgIpc) is 2.47. The maximum Gasteiger partial charge on any atom is 0.198 e. The number of Topliss-reactive ketones (excluding diaryl/α,β-unsaturated/α-hetero) is 1. The Morgan fingerprint density at radius 2 is 2.15 bits per heavy atom. The molecular weight excluding hydrogens is 176 g/mol. The van der Waals surface area contributed by atoms with Crippen LogP contribution in [0.3, 0.4) is 0 Å². The molecule has 74 valence electrons. The predicted octanol–water partition coefficient (Wildman–Crippen LogP) is -0.576. The summed E-state index contributed by atoms with van der Waals surface area (Å²) in [6, 6.07) is 0. The van der Waals surface area contributed by atoms with Gasteiger partial charge in [-0.2, -0.15) is 0 Å². The lowest BCUT2D eigenvalue weighted by Gasteiger charge is -2.18. The maximum atomic E-state index is 11.4. The summed E-state index contributed by atoms with van der Waals surface area (Å²) in [7, 11) is 0. The number of aliphatic hydroxyl groups is 1. The van der Waals surface area contributed by atoms with Gasteiger partial charge in [-0.1, -0.05) is 0 Å². The van der Waals surface area contributed by atoms with E-state index in [2.05, 4.69) is 0 Å². The van der Waals surface area contributed by atoms with E-state index in [4.69, 9.17) is 19.3 Å². The van der Waals surface area contributed by atoms with Crippen LogP contribution < -0.4 is 0 Å². The summed E-state index contributed by atoms with van der Waals surface area (Å²) in [5.74, 6) is -1.01. The van der Waals surface area contributed by atoms with Crippen LogP contribution >= 0.6 is 0 Å². The molecule has 2 saturated heterocycles. The molecule has 0 aromatic carbocycles. The Hall–Kier alpha value is -0.490. The fourth-order valence-corrected chi connectivity index (χ4v) is 1.57. The maximum absolute atomic E-state index is 11.4. The number of hydrogen-bond donors (Lipinski definition) is 1. The molecule has 2 fully saturated rings. The smallest absolute Gasteiger partial charge is 0.198 e. The monoisotopic (exact) mass is 188 g/mol. The minimum absolute atomic E-state index is 0.238. The molecule has 0 bridgehead atoms. The molecule has 0 spiro atoms. The SMILES string of the molecule is CC1(C)OC2OC(CO)C(=O)C2O1. The molecule has 5 nitrogen and oxygen atoms in total. The van der Waals surface area contributed by atoms with Crippen molar-refractivity contribution in [3.63, 3.8) is 0 Å². The van der Waals surface area contributed by atoms with E-state index in [0.29, 0.717) is 0 Å². The first-order chi connectivity index (χ1) is 6.03. The Morgan fingerprint density at radius 1 is 1.46 bits per heavy atom. The number of carbonyl (C=O) groups excluding carboxylic acids is 1. The van der Waals surface area contributed by atoms with Crippen LogP contribution in [0.1, 0.15) is 13.8 Å². The first-order valence-corrected chi connectivity index (χ1v) is 4.19. The zero-order valence-electron chi connectivity index (χ0n) is 7.52. The minimum Gasteiger partial charge on any atom is -0.393 e. The molecule has 2 aliphatic rings. The number of fused-ring (bicyclic) bond motifs is 1. The van der Waals surface area contributed by atoms with Gasteiger partial charge in [0.1, 0.15) is 6.10 Å². The van der Waals surface area contributed by atoms with E-state index in [9.17, 15) is 4.79 Å². The van der Waals surface area contributed by atoms with Gasteiger partial charge in [-0.15, -0.1) is 0 Å². The van der Waals surface area contributed by atoms with Crippen LogP contribution in [0.2, 0.25) is 0 Å². The molecule has 5 heteroatoms. The van der Waals surface area contributed by atoms with Crippen molar-refractivity contribution in [3.05, 3.63) is 0 Å². The largest absolute Gasteiger partial charge is 0.393 e. The summed E-state index contributed by atoms with van der Waals surface area (Å²) in [6.45, 7) is 3.12. The van der Waals surface area contributed by atoms with Crippen molar-refractivity contribution in [2.45, 2.75) is 38.1 Å². The van der Waals surface area contributed by atoms with E-state index in [1.54, 1.807) is 13.8 Å². The molecule has 0 aromatic heterocycles. The number of ether oxygens (including phenoxy) is 3. The summed E-state index contributed by atoms with van der Waals surface area (Å²) in [5, 5.41) is 8.76. The fraction of sp³-hybridized carbons (Fsp3) is 0.875. The standard InChI is InChI=1S/C8H12O5/c1-8(2)12-6-5(10)4(3-9)11-7(6)13-8/h4,6-7,9H,3H2,1-2H3. The molecule has 0 amide bonds. The Morgan fingerprint density at radius 3 is 2.69 bits per heavy atom. The van der Waals surface area contributed by atoms with E-state index in [1.165, 1.54) is 0 Å². The fourth-order valence-electron chi connectivity index (χ4n) is 1.57. The van der Waals surface area contributed by atoms with E-state index >= 15 is 0 Å². The van der Waals surface area contributed by atoms with Crippen molar-refractivity contribution < 1.29 is 24.1 Å². The Balaban J connectivity index is 2.11. The molecule has 3 atom stereocenters. The molecule has 2 heterocycles. The molecule has 1 N–H and O–H groups in total. The van der Waals surface area contributed by atoms with Gasteiger partial charge in [-0.3, -0.25) is 4.79 Å². The van der Waals surface area contributed by atoms with Gasteiger partial charge in [0, 0.05) is 0 Å². The van der Waals surface area contributed by atoms with Crippen LogP contribution in [0.5, 0.6) is 0 Å². The van der Waals surface area contributed by atoms with Crippen LogP contribution in [0.25, 0.3) is 0 Å². The summed E-state index contributed by atoms with van der Waals surface area (Å²) in [4.78, 5) is 11.4.